The van der Waals surface area contributed by atoms with Crippen LogP contribution in [0.5, 0.6) is 0 Å². The van der Waals surface area contributed by atoms with Gasteiger partial charge in [0.15, 0.2) is 0 Å². The number of hydrogen-bond acceptors (Lipinski definition) is 2. The summed E-state index contributed by atoms with van der Waals surface area (Å²) >= 11 is 0. The van der Waals surface area contributed by atoms with Crippen molar-refractivity contribution in [2.24, 2.45) is 5.92 Å². The number of hydrogen-bond donors (Lipinski definition) is 1. The zero-order chi connectivity index (χ0) is 12.3. The van der Waals surface area contributed by atoms with Crippen LogP contribution in [-0.4, -0.2) is 54.6 Å². The molecule has 0 aromatic rings. The van der Waals surface area contributed by atoms with E-state index >= 15 is 0 Å². The van der Waals surface area contributed by atoms with Gasteiger partial charge < -0.3 is 15.1 Å². The second-order valence-corrected chi connectivity index (χ2v) is 4.67. The highest BCUT2D eigenvalue weighted by molar-refractivity contribution is 5.77. The topological polar surface area (TPSA) is 35.6 Å². The van der Waals surface area contributed by atoms with E-state index in [0.29, 0.717) is 18.0 Å². The van der Waals surface area contributed by atoms with Crippen LogP contribution < -0.4 is 5.32 Å². The number of carbonyl (C=O) groups is 1. The Balaban J connectivity index is 0.000000606. The van der Waals surface area contributed by atoms with Crippen LogP contribution in [-0.2, 0) is 0 Å². The molecule has 2 aliphatic heterocycles. The molecule has 1 N–H and O–H groups in total. The van der Waals surface area contributed by atoms with Crippen LogP contribution in [0.4, 0.5) is 4.79 Å². The van der Waals surface area contributed by atoms with Gasteiger partial charge in [-0.25, -0.2) is 4.79 Å². The molecule has 94 valence electrons. The summed E-state index contributed by atoms with van der Waals surface area (Å²) < 4.78 is 0. The van der Waals surface area contributed by atoms with Crippen molar-refractivity contribution < 1.29 is 4.79 Å². The summed E-state index contributed by atoms with van der Waals surface area (Å²) in [6.45, 7) is 11.2. The predicted octanol–water partition coefficient (Wildman–Crippen LogP) is 1.38. The fourth-order valence-corrected chi connectivity index (χ4v) is 2.20. The van der Waals surface area contributed by atoms with Crippen molar-refractivity contribution in [1.29, 1.82) is 0 Å². The molecule has 2 saturated heterocycles. The smallest absolute Gasteiger partial charge is 0.320 e. The number of likely N-dealkylation sites (N-methyl/N-ethyl adjacent to an activating group) is 1. The van der Waals surface area contributed by atoms with Crippen LogP contribution in [0.3, 0.4) is 0 Å². The number of rotatable bonds is 2. The Morgan fingerprint density at radius 2 is 1.88 bits per heavy atom. The van der Waals surface area contributed by atoms with E-state index in [1.807, 2.05) is 30.7 Å². The lowest BCUT2D eigenvalue weighted by Gasteiger charge is -2.35. The maximum absolute atomic E-state index is 11.9. The fraction of sp³-hybridized carbons (Fsp3) is 0.917. The number of nitrogens with one attached hydrogen (secondary N) is 1. The highest BCUT2D eigenvalue weighted by atomic mass is 16.2. The molecule has 0 aromatic heterocycles. The molecule has 1 atom stereocenters. The zero-order valence-electron chi connectivity index (χ0n) is 11.2. The summed E-state index contributed by atoms with van der Waals surface area (Å²) in [5.41, 5.74) is 0. The Hall–Kier alpha value is -0.770. The Kier molecular flexibility index (Phi) is 4.59. The van der Waals surface area contributed by atoms with E-state index in [1.54, 1.807) is 0 Å². The molecule has 2 heterocycles. The Morgan fingerprint density at radius 3 is 2.19 bits per heavy atom. The molecule has 0 saturated carbocycles. The minimum atomic E-state index is 0.204. The lowest BCUT2D eigenvalue weighted by atomic mass is 10.0. The van der Waals surface area contributed by atoms with Gasteiger partial charge in [0.05, 0.1) is 12.1 Å². The van der Waals surface area contributed by atoms with E-state index in [1.165, 1.54) is 0 Å². The van der Waals surface area contributed by atoms with E-state index < -0.39 is 0 Å². The highest BCUT2D eigenvalue weighted by Gasteiger charge is 2.41. The van der Waals surface area contributed by atoms with Gasteiger partial charge in [-0.05, 0) is 5.92 Å². The normalized spacial score (nSPS) is 25.6. The Morgan fingerprint density at radius 1 is 1.31 bits per heavy atom. The molecule has 4 nitrogen and oxygen atoms in total. The third kappa shape index (κ3) is 2.32. The summed E-state index contributed by atoms with van der Waals surface area (Å²) in [6, 6.07) is 1.03. The third-order valence-corrected chi connectivity index (χ3v) is 3.40. The zero-order valence-corrected chi connectivity index (χ0v) is 11.2. The molecule has 0 radical (unpaired) electrons. The molecule has 2 amide bonds. The molecular weight excluding hydrogens is 202 g/mol. The van der Waals surface area contributed by atoms with E-state index in [4.69, 9.17) is 0 Å². The minimum Gasteiger partial charge on any atom is -0.323 e. The first-order chi connectivity index (χ1) is 7.61. The maximum Gasteiger partial charge on any atom is 0.320 e. The average molecular weight is 227 g/mol. The monoisotopic (exact) mass is 227 g/mol. The summed E-state index contributed by atoms with van der Waals surface area (Å²) in [7, 11) is 1.92. The molecule has 0 aliphatic carbocycles. The maximum atomic E-state index is 11.9. The van der Waals surface area contributed by atoms with Crippen molar-refractivity contribution in [2.75, 3.05) is 26.7 Å². The van der Waals surface area contributed by atoms with Gasteiger partial charge in [0.25, 0.3) is 0 Å². The second kappa shape index (κ2) is 5.53. The number of amides is 2. The van der Waals surface area contributed by atoms with Gasteiger partial charge in [0, 0.05) is 26.7 Å². The molecule has 0 spiro atoms. The van der Waals surface area contributed by atoms with Gasteiger partial charge >= 0.3 is 6.03 Å². The molecular formula is C12H25N3O. The Labute approximate surface area is 99.0 Å². The quantitative estimate of drug-likeness (QED) is 0.773. The van der Waals surface area contributed by atoms with Crippen molar-refractivity contribution in [3.63, 3.8) is 0 Å². The lowest BCUT2D eigenvalue weighted by Crippen LogP contribution is -2.58. The van der Waals surface area contributed by atoms with Crippen LogP contribution >= 0.6 is 0 Å². The third-order valence-electron chi connectivity index (χ3n) is 3.40. The molecule has 2 aliphatic rings. The van der Waals surface area contributed by atoms with Gasteiger partial charge in [-0.1, -0.05) is 27.7 Å². The molecule has 0 bridgehead atoms. The van der Waals surface area contributed by atoms with Crippen LogP contribution in [0.15, 0.2) is 0 Å². The van der Waals surface area contributed by atoms with Gasteiger partial charge in [0.2, 0.25) is 0 Å². The number of nitrogens with zero attached hydrogens (tertiary/aromatic N) is 2. The molecule has 0 aromatic carbocycles. The first kappa shape index (κ1) is 13.3. The first-order valence-electron chi connectivity index (χ1n) is 6.35. The molecule has 4 heteroatoms. The van der Waals surface area contributed by atoms with Crippen LogP contribution in [0.1, 0.15) is 27.7 Å². The number of carbonyl (C=O) groups excluding carboxylic acids is 1. The Bertz CT molecular complexity index is 238. The largest absolute Gasteiger partial charge is 0.323 e. The van der Waals surface area contributed by atoms with E-state index in [2.05, 4.69) is 19.2 Å². The van der Waals surface area contributed by atoms with E-state index in [9.17, 15) is 4.79 Å². The van der Waals surface area contributed by atoms with Gasteiger partial charge in [-0.2, -0.15) is 0 Å². The summed E-state index contributed by atoms with van der Waals surface area (Å²) in [5, 5.41) is 3.21. The summed E-state index contributed by atoms with van der Waals surface area (Å²) in [4.78, 5) is 15.8. The standard InChI is InChI=1S/C10H19N3O.C2H6/c1-7(2)9-6-13(8-4-11-5-8)10(14)12(9)3;1-2/h7-9,11H,4-6H2,1-3H3;1-2H3. The minimum absolute atomic E-state index is 0.204. The molecule has 16 heavy (non-hydrogen) atoms. The first-order valence-corrected chi connectivity index (χ1v) is 6.35. The van der Waals surface area contributed by atoms with Crippen molar-refractivity contribution >= 4 is 6.03 Å². The second-order valence-electron chi connectivity index (χ2n) is 4.67. The molecule has 1 unspecified atom stereocenters. The van der Waals surface area contributed by atoms with Crippen LogP contribution in [0.2, 0.25) is 0 Å². The summed E-state index contributed by atoms with van der Waals surface area (Å²) in [5.74, 6) is 0.544. The van der Waals surface area contributed by atoms with Crippen molar-refractivity contribution in [1.82, 2.24) is 15.1 Å². The molecule has 2 rings (SSSR count). The lowest BCUT2D eigenvalue weighted by molar-refractivity contribution is 0.162. The highest BCUT2D eigenvalue weighted by Crippen LogP contribution is 2.23. The van der Waals surface area contributed by atoms with Crippen LogP contribution in [0.25, 0.3) is 0 Å². The van der Waals surface area contributed by atoms with Gasteiger partial charge in [-0.3, -0.25) is 0 Å². The fourth-order valence-electron chi connectivity index (χ4n) is 2.20. The predicted molar refractivity (Wildman–Crippen MR) is 66.5 cm³/mol. The van der Waals surface area contributed by atoms with Crippen molar-refractivity contribution in [2.45, 2.75) is 39.8 Å². The van der Waals surface area contributed by atoms with Crippen LogP contribution in [0, 0.1) is 5.92 Å². The van der Waals surface area contributed by atoms with Crippen molar-refractivity contribution in [3.05, 3.63) is 0 Å². The number of urea groups is 1. The van der Waals surface area contributed by atoms with Gasteiger partial charge in [-0.15, -0.1) is 0 Å². The van der Waals surface area contributed by atoms with Gasteiger partial charge in [0.1, 0.15) is 0 Å². The van der Waals surface area contributed by atoms with E-state index in [0.717, 1.165) is 19.6 Å². The summed E-state index contributed by atoms with van der Waals surface area (Å²) in [6.07, 6.45) is 0. The average Bonchev–Trinajstić information content (AvgIpc) is 2.47. The molecule has 2 fully saturated rings. The van der Waals surface area contributed by atoms with Crippen molar-refractivity contribution in [3.8, 4) is 0 Å². The van der Waals surface area contributed by atoms with E-state index in [-0.39, 0.29) is 6.03 Å². The SMILES string of the molecule is CC.CC(C)C1CN(C2CNC2)C(=O)N1C.